The number of amides is 1. The Bertz CT molecular complexity index is 772. The zero-order valence-electron chi connectivity index (χ0n) is 15.4. The zero-order valence-corrected chi connectivity index (χ0v) is 15.4. The molecule has 1 fully saturated rings. The van der Waals surface area contributed by atoms with Crippen LogP contribution in [-0.4, -0.2) is 39.7 Å². The number of esters is 1. The van der Waals surface area contributed by atoms with Crippen LogP contribution < -0.4 is 5.32 Å². The molecule has 0 unspecified atom stereocenters. The smallest absolute Gasteiger partial charge is 0.408 e. The van der Waals surface area contributed by atoms with E-state index in [9.17, 15) is 9.59 Å². The average molecular weight is 381 g/mol. The van der Waals surface area contributed by atoms with Crippen LogP contribution in [0.1, 0.15) is 18.2 Å². The van der Waals surface area contributed by atoms with Crippen LogP contribution in [0, 0.1) is 31.6 Å². The maximum atomic E-state index is 12.0. The molecule has 0 aliphatic heterocycles. The highest BCUT2D eigenvalue weighted by Gasteiger charge is 2.22. The number of aromatic nitrogens is 3. The first-order chi connectivity index (χ1) is 13.6. The summed E-state index contributed by atoms with van der Waals surface area (Å²) >= 11 is 0. The maximum absolute atomic E-state index is 12.0. The van der Waals surface area contributed by atoms with Crippen molar-refractivity contribution in [3.63, 3.8) is 0 Å². The lowest BCUT2D eigenvalue weighted by Crippen LogP contribution is -2.40. The lowest BCUT2D eigenvalue weighted by atomic mass is 10.1. The Labute approximate surface area is 164 Å². The Morgan fingerprint density at radius 2 is 1.89 bits per heavy atom. The standard InChI is InChI=1S/C20H21N4O4/c1-15(21-20(26)28-14-16-7-3-2-4-8-16)19(25)27-12-11-24-13-18(22-23-24)17-9-5-6-10-17/h2-10,13,15H,11-12,14H2,1H3,(H,21,26)/t15-/m0/s1. The number of nitrogens with one attached hydrogen (secondary N) is 1. The molecule has 2 aromatic rings. The summed E-state index contributed by atoms with van der Waals surface area (Å²) in [6.45, 7) is 2.15. The van der Waals surface area contributed by atoms with Gasteiger partial charge in [-0.25, -0.2) is 14.3 Å². The first-order valence-electron chi connectivity index (χ1n) is 8.88. The third kappa shape index (κ3) is 5.80. The average Bonchev–Trinajstić information content (AvgIpc) is 3.39. The molecule has 1 aliphatic rings. The van der Waals surface area contributed by atoms with E-state index < -0.39 is 18.1 Å². The molecule has 1 amide bonds. The molecule has 0 saturated heterocycles. The van der Waals surface area contributed by atoms with Crippen LogP contribution in [0.3, 0.4) is 0 Å². The van der Waals surface area contributed by atoms with Crippen molar-refractivity contribution in [2.24, 2.45) is 0 Å². The summed E-state index contributed by atoms with van der Waals surface area (Å²) in [4.78, 5) is 23.8. The summed E-state index contributed by atoms with van der Waals surface area (Å²) in [5.41, 5.74) is 1.62. The van der Waals surface area contributed by atoms with Gasteiger partial charge in [-0.15, -0.1) is 5.10 Å². The molecule has 5 radical (unpaired) electrons. The van der Waals surface area contributed by atoms with Gasteiger partial charge in [-0.3, -0.25) is 0 Å². The van der Waals surface area contributed by atoms with E-state index >= 15 is 0 Å². The van der Waals surface area contributed by atoms with Crippen molar-refractivity contribution in [2.45, 2.75) is 26.1 Å². The second-order valence-electron chi connectivity index (χ2n) is 6.14. The maximum Gasteiger partial charge on any atom is 0.408 e. The normalized spacial score (nSPS) is 15.2. The van der Waals surface area contributed by atoms with Crippen molar-refractivity contribution in [2.75, 3.05) is 6.61 Å². The number of carbonyl (C=O) groups excluding carboxylic acids is 2. The van der Waals surface area contributed by atoms with Gasteiger partial charge < -0.3 is 14.8 Å². The molecule has 1 saturated carbocycles. The van der Waals surface area contributed by atoms with Crippen molar-refractivity contribution in [1.82, 2.24) is 20.3 Å². The lowest BCUT2D eigenvalue weighted by molar-refractivity contribution is -0.145. The van der Waals surface area contributed by atoms with Gasteiger partial charge in [0.1, 0.15) is 19.3 Å². The largest absolute Gasteiger partial charge is 0.462 e. The predicted molar refractivity (Wildman–Crippen MR) is 99.8 cm³/mol. The van der Waals surface area contributed by atoms with E-state index in [1.807, 2.05) is 56.0 Å². The Morgan fingerprint density at radius 1 is 1.14 bits per heavy atom. The van der Waals surface area contributed by atoms with Crippen molar-refractivity contribution in [3.05, 3.63) is 79.4 Å². The zero-order chi connectivity index (χ0) is 19.8. The van der Waals surface area contributed by atoms with E-state index in [4.69, 9.17) is 9.47 Å². The summed E-state index contributed by atoms with van der Waals surface area (Å²) in [7, 11) is 0. The number of alkyl carbamates (subject to hydrolysis) is 1. The fourth-order valence-corrected chi connectivity index (χ4v) is 2.45. The molecule has 0 bridgehead atoms. The fourth-order valence-electron chi connectivity index (χ4n) is 2.45. The number of hydrogen-bond donors (Lipinski definition) is 1. The molecule has 1 aromatic heterocycles. The van der Waals surface area contributed by atoms with Crippen molar-refractivity contribution >= 4 is 12.1 Å². The van der Waals surface area contributed by atoms with Gasteiger partial charge in [0.25, 0.3) is 0 Å². The van der Waals surface area contributed by atoms with Gasteiger partial charge in [0.15, 0.2) is 0 Å². The topological polar surface area (TPSA) is 95.3 Å². The van der Waals surface area contributed by atoms with Crippen molar-refractivity contribution in [1.29, 1.82) is 0 Å². The lowest BCUT2D eigenvalue weighted by Gasteiger charge is -2.13. The van der Waals surface area contributed by atoms with Crippen LogP contribution in [-0.2, 0) is 27.4 Å². The van der Waals surface area contributed by atoms with Crippen LogP contribution in [0.15, 0.2) is 36.5 Å². The van der Waals surface area contributed by atoms with Crippen molar-refractivity contribution in [3.8, 4) is 0 Å². The molecule has 1 aromatic carbocycles. The summed E-state index contributed by atoms with van der Waals surface area (Å²) in [6.07, 6.45) is 8.84. The number of nitrogens with zero attached hydrogens (tertiary/aromatic N) is 3. The Hall–Kier alpha value is -2.90. The molecular formula is C20H21N4O4. The van der Waals surface area contributed by atoms with Crippen LogP contribution >= 0.6 is 0 Å². The van der Waals surface area contributed by atoms with Gasteiger partial charge in [-0.05, 0) is 38.2 Å². The summed E-state index contributed by atoms with van der Waals surface area (Å²) < 4.78 is 11.9. The van der Waals surface area contributed by atoms with Gasteiger partial charge in [-0.1, -0.05) is 35.5 Å². The van der Waals surface area contributed by atoms with Gasteiger partial charge >= 0.3 is 12.1 Å². The van der Waals surface area contributed by atoms with E-state index in [1.54, 1.807) is 10.9 Å². The highest BCUT2D eigenvalue weighted by atomic mass is 16.6. The quantitative estimate of drug-likeness (QED) is 0.702. The SMILES string of the molecule is C[C@H](NC(=O)OCc1ccccc1)C(=O)OCCn1cc([C]2[CH][CH][CH][CH]2)nn1. The van der Waals surface area contributed by atoms with Crippen LogP contribution in [0.25, 0.3) is 0 Å². The number of ether oxygens (including phenoxy) is 2. The second kappa shape index (κ2) is 9.87. The second-order valence-corrected chi connectivity index (χ2v) is 6.14. The first kappa shape index (κ1) is 19.9. The summed E-state index contributed by atoms with van der Waals surface area (Å²) in [6, 6.07) is 8.46. The highest BCUT2D eigenvalue weighted by Crippen LogP contribution is 2.28. The molecule has 1 N–H and O–H groups in total. The number of hydrogen-bond acceptors (Lipinski definition) is 6. The van der Waals surface area contributed by atoms with E-state index in [1.165, 1.54) is 6.92 Å². The molecule has 1 atom stereocenters. The van der Waals surface area contributed by atoms with Crippen molar-refractivity contribution < 1.29 is 19.1 Å². The predicted octanol–water partition coefficient (Wildman–Crippen LogP) is 1.89. The minimum Gasteiger partial charge on any atom is -0.462 e. The molecule has 1 aliphatic carbocycles. The van der Waals surface area contributed by atoms with E-state index in [-0.39, 0.29) is 13.2 Å². The van der Waals surface area contributed by atoms with Crippen LogP contribution in [0.4, 0.5) is 4.79 Å². The van der Waals surface area contributed by atoms with Gasteiger partial charge in [-0.2, -0.15) is 0 Å². The number of rotatable bonds is 8. The Balaban J connectivity index is 1.34. The summed E-state index contributed by atoms with van der Waals surface area (Å²) in [5, 5.41) is 10.5. The highest BCUT2D eigenvalue weighted by molar-refractivity contribution is 5.80. The monoisotopic (exact) mass is 381 g/mol. The number of benzene rings is 1. The van der Waals surface area contributed by atoms with E-state index in [2.05, 4.69) is 15.6 Å². The molecule has 145 valence electrons. The summed E-state index contributed by atoms with van der Waals surface area (Å²) in [5.74, 6) is 0.433. The minimum absolute atomic E-state index is 0.119. The molecule has 1 heterocycles. The Morgan fingerprint density at radius 3 is 2.64 bits per heavy atom. The van der Waals surface area contributed by atoms with Gasteiger partial charge in [0.2, 0.25) is 0 Å². The first-order valence-corrected chi connectivity index (χ1v) is 8.88. The third-order valence-electron chi connectivity index (χ3n) is 3.96. The molecule has 0 spiro atoms. The molecule has 28 heavy (non-hydrogen) atoms. The van der Waals surface area contributed by atoms with E-state index in [0.29, 0.717) is 6.54 Å². The minimum atomic E-state index is -0.820. The van der Waals surface area contributed by atoms with Crippen LogP contribution in [0.2, 0.25) is 0 Å². The molecule has 3 rings (SSSR count). The van der Waals surface area contributed by atoms with Crippen LogP contribution in [0.5, 0.6) is 0 Å². The molecule has 8 heteroatoms. The van der Waals surface area contributed by atoms with Gasteiger partial charge in [0.05, 0.1) is 12.2 Å². The fraction of sp³-hybridized carbons (Fsp3) is 0.250. The Kier molecular flexibility index (Phi) is 7.00. The van der Waals surface area contributed by atoms with Gasteiger partial charge in [0, 0.05) is 12.1 Å². The van der Waals surface area contributed by atoms with E-state index in [0.717, 1.165) is 17.2 Å². The number of carbonyl (C=O) groups is 2. The molecule has 8 nitrogen and oxygen atoms in total. The molecular weight excluding hydrogens is 360 g/mol. The third-order valence-corrected chi connectivity index (χ3v) is 3.96.